The van der Waals surface area contributed by atoms with E-state index in [9.17, 15) is 9.59 Å². The molecule has 0 unspecified atom stereocenters. The third-order valence-electron chi connectivity index (χ3n) is 5.18. The summed E-state index contributed by atoms with van der Waals surface area (Å²) in [6, 6.07) is 12.9. The van der Waals surface area contributed by atoms with Crippen LogP contribution in [0.2, 0.25) is 5.02 Å². The molecule has 164 valence electrons. The van der Waals surface area contributed by atoms with E-state index in [1.165, 1.54) is 26.9 Å². The topological polar surface area (TPSA) is 89.9 Å². The van der Waals surface area contributed by atoms with Gasteiger partial charge in [-0.15, -0.1) is 11.3 Å². The van der Waals surface area contributed by atoms with E-state index >= 15 is 0 Å². The number of carbonyl (C=O) groups is 2. The number of benzene rings is 2. The second kappa shape index (κ2) is 10.6. The first-order valence-corrected chi connectivity index (χ1v) is 11.3. The van der Waals surface area contributed by atoms with E-state index in [0.717, 1.165) is 36.6 Å². The van der Waals surface area contributed by atoms with Gasteiger partial charge in [0.15, 0.2) is 0 Å². The average molecular weight is 461 g/mol. The van der Waals surface area contributed by atoms with E-state index in [1.807, 2.05) is 6.07 Å². The maximum atomic E-state index is 9.64. The van der Waals surface area contributed by atoms with E-state index < -0.39 is 11.9 Å². The minimum Gasteiger partial charge on any atom is -0.481 e. The molecule has 0 saturated heterocycles. The Morgan fingerprint density at radius 2 is 1.77 bits per heavy atom. The van der Waals surface area contributed by atoms with Crippen LogP contribution in [0.5, 0.6) is 0 Å². The highest BCUT2D eigenvalue weighted by atomic mass is 35.5. The van der Waals surface area contributed by atoms with Crippen LogP contribution in [0.4, 0.5) is 11.4 Å². The van der Waals surface area contributed by atoms with E-state index in [1.54, 1.807) is 11.3 Å². The fraction of sp³-hybridized carbons (Fsp3) is 0.304. The van der Waals surface area contributed by atoms with Crippen molar-refractivity contribution in [3.05, 3.63) is 57.9 Å². The van der Waals surface area contributed by atoms with Crippen LogP contribution < -0.4 is 10.2 Å². The highest BCUT2D eigenvalue weighted by molar-refractivity contribution is 7.17. The summed E-state index contributed by atoms with van der Waals surface area (Å²) < 4.78 is 1.31. The summed E-state index contributed by atoms with van der Waals surface area (Å²) >= 11 is 8.41. The van der Waals surface area contributed by atoms with Gasteiger partial charge in [-0.3, -0.25) is 9.59 Å². The number of carboxylic acid groups (broad SMARTS) is 2. The maximum Gasteiger partial charge on any atom is 0.303 e. The summed E-state index contributed by atoms with van der Waals surface area (Å²) in [6.07, 6.45) is 1.50. The number of nitrogens with zero attached hydrogens (tertiary/aromatic N) is 1. The van der Waals surface area contributed by atoms with Gasteiger partial charge >= 0.3 is 11.9 Å². The van der Waals surface area contributed by atoms with Gasteiger partial charge in [0.1, 0.15) is 0 Å². The molecule has 31 heavy (non-hydrogen) atoms. The highest BCUT2D eigenvalue weighted by Gasteiger charge is 2.19. The summed E-state index contributed by atoms with van der Waals surface area (Å²) in [7, 11) is 2.13. The lowest BCUT2D eigenvalue weighted by Gasteiger charge is -2.26. The highest BCUT2D eigenvalue weighted by Crippen LogP contribution is 2.40. The maximum absolute atomic E-state index is 9.64. The molecule has 0 saturated carbocycles. The van der Waals surface area contributed by atoms with Crippen molar-refractivity contribution < 1.29 is 19.8 Å². The number of fused-ring (bicyclic) bond motifs is 2. The number of aliphatic carboxylic acids is 2. The van der Waals surface area contributed by atoms with Crippen LogP contribution in [0.25, 0.3) is 10.1 Å². The quantitative estimate of drug-likeness (QED) is 0.499. The molecule has 0 aliphatic carbocycles. The van der Waals surface area contributed by atoms with Crippen LogP contribution in [-0.2, 0) is 22.4 Å². The zero-order valence-electron chi connectivity index (χ0n) is 17.2. The minimum atomic E-state index is -1.08. The third-order valence-corrected chi connectivity index (χ3v) is 6.36. The number of nitrogens with one attached hydrogen (secondary N) is 1. The van der Waals surface area contributed by atoms with Crippen molar-refractivity contribution in [3.8, 4) is 0 Å². The lowest BCUT2D eigenvalue weighted by atomic mass is 9.99. The smallest absolute Gasteiger partial charge is 0.303 e. The van der Waals surface area contributed by atoms with Crippen LogP contribution in [0.3, 0.4) is 0 Å². The molecule has 0 fully saturated rings. The Hall–Kier alpha value is -2.61. The van der Waals surface area contributed by atoms with E-state index in [4.69, 9.17) is 21.8 Å². The molecule has 1 aliphatic rings. The predicted octanol–water partition coefficient (Wildman–Crippen LogP) is 4.95. The molecule has 3 N–H and O–H groups in total. The lowest BCUT2D eigenvalue weighted by molar-refractivity contribution is -0.143. The molecule has 0 atom stereocenters. The third kappa shape index (κ3) is 5.76. The van der Waals surface area contributed by atoms with Gasteiger partial charge in [0, 0.05) is 22.8 Å². The molecule has 2 heterocycles. The van der Waals surface area contributed by atoms with E-state index in [-0.39, 0.29) is 12.8 Å². The first-order chi connectivity index (χ1) is 14.9. The van der Waals surface area contributed by atoms with Gasteiger partial charge in [0.05, 0.1) is 23.6 Å². The Labute approximate surface area is 190 Å². The Bertz CT molecular complexity index is 1070. The summed E-state index contributed by atoms with van der Waals surface area (Å²) in [5.74, 6) is -2.15. The first kappa shape index (κ1) is 23.1. The minimum absolute atomic E-state index is 0.296. The van der Waals surface area contributed by atoms with Gasteiger partial charge in [-0.1, -0.05) is 23.7 Å². The summed E-state index contributed by atoms with van der Waals surface area (Å²) in [6.45, 7) is 2.05. The molecule has 3 aromatic rings. The van der Waals surface area contributed by atoms with Crippen LogP contribution in [0, 0.1) is 0 Å². The van der Waals surface area contributed by atoms with Crippen molar-refractivity contribution in [2.75, 3.05) is 25.0 Å². The molecule has 4 rings (SSSR count). The van der Waals surface area contributed by atoms with Crippen molar-refractivity contribution >= 4 is 56.3 Å². The zero-order chi connectivity index (χ0) is 22.4. The molecule has 2 aromatic carbocycles. The number of hydrogen-bond donors (Lipinski definition) is 3. The lowest BCUT2D eigenvalue weighted by Crippen LogP contribution is -2.17. The van der Waals surface area contributed by atoms with Crippen molar-refractivity contribution in [2.45, 2.75) is 25.7 Å². The summed E-state index contributed by atoms with van der Waals surface area (Å²) in [5.41, 5.74) is 5.18. The molecule has 0 amide bonds. The summed E-state index contributed by atoms with van der Waals surface area (Å²) in [5, 5.41) is 23.6. The SMILES string of the molecule is CN(c1c(Cl)ccc2c1CCNCC2)c1cccc2sccc12.O=C(O)CCC(=O)O. The van der Waals surface area contributed by atoms with Gasteiger partial charge in [0.25, 0.3) is 0 Å². The number of rotatable bonds is 5. The molecule has 0 radical (unpaired) electrons. The molecule has 0 bridgehead atoms. The molecule has 6 nitrogen and oxygen atoms in total. The second-order valence-electron chi connectivity index (χ2n) is 7.24. The normalized spacial score (nSPS) is 13.0. The zero-order valence-corrected chi connectivity index (χ0v) is 18.8. The van der Waals surface area contributed by atoms with Gasteiger partial charge in [-0.05, 0) is 66.7 Å². The number of carboxylic acids is 2. The second-order valence-corrected chi connectivity index (χ2v) is 8.59. The molecule has 0 spiro atoms. The fourth-order valence-corrected chi connectivity index (χ4v) is 4.80. The van der Waals surface area contributed by atoms with Gasteiger partial charge in [-0.2, -0.15) is 0 Å². The number of thiophene rings is 1. The van der Waals surface area contributed by atoms with Crippen molar-refractivity contribution in [2.24, 2.45) is 0 Å². The average Bonchev–Trinajstić information content (AvgIpc) is 3.10. The van der Waals surface area contributed by atoms with Crippen LogP contribution in [0.1, 0.15) is 24.0 Å². The number of anilines is 2. The van der Waals surface area contributed by atoms with Crippen molar-refractivity contribution in [1.29, 1.82) is 0 Å². The molecule has 8 heteroatoms. The fourth-order valence-electron chi connectivity index (χ4n) is 3.69. The number of halogens is 1. The van der Waals surface area contributed by atoms with Crippen molar-refractivity contribution in [1.82, 2.24) is 5.32 Å². The Morgan fingerprint density at radius 3 is 2.48 bits per heavy atom. The Morgan fingerprint density at radius 1 is 1.06 bits per heavy atom. The molecule has 1 aliphatic heterocycles. The predicted molar refractivity (Wildman–Crippen MR) is 126 cm³/mol. The monoisotopic (exact) mass is 460 g/mol. The van der Waals surface area contributed by atoms with Crippen LogP contribution in [-0.4, -0.2) is 42.3 Å². The Balaban J connectivity index is 0.000000293. The van der Waals surface area contributed by atoms with Crippen LogP contribution in [0.15, 0.2) is 41.8 Å². The van der Waals surface area contributed by atoms with Gasteiger partial charge < -0.3 is 20.4 Å². The van der Waals surface area contributed by atoms with Crippen LogP contribution >= 0.6 is 22.9 Å². The standard InChI is InChI=1S/C19H19ClN2S.C4H6O4/c1-22(17-3-2-4-18-15(17)9-12-23-18)19-14-8-11-21-10-7-13(14)5-6-16(19)20;5-3(6)1-2-4(7)8/h2-6,9,12,21H,7-8,10-11H2,1H3;1-2H2,(H,5,6)(H,7,8). The number of hydrogen-bond acceptors (Lipinski definition) is 5. The van der Waals surface area contributed by atoms with Crippen molar-refractivity contribution in [3.63, 3.8) is 0 Å². The van der Waals surface area contributed by atoms with E-state index in [2.05, 4.69) is 53.0 Å². The molecular weight excluding hydrogens is 436 g/mol. The largest absolute Gasteiger partial charge is 0.481 e. The molecule has 1 aromatic heterocycles. The Kier molecular flexibility index (Phi) is 7.90. The summed E-state index contributed by atoms with van der Waals surface area (Å²) in [4.78, 5) is 21.5. The van der Waals surface area contributed by atoms with E-state index in [0.29, 0.717) is 0 Å². The van der Waals surface area contributed by atoms with Gasteiger partial charge in [0.2, 0.25) is 0 Å². The molecular formula is C23H25ClN2O4S. The first-order valence-electron chi connectivity index (χ1n) is 10.0. The van der Waals surface area contributed by atoms with Gasteiger partial charge in [-0.25, -0.2) is 0 Å².